The molecule has 0 unspecified atom stereocenters. The van der Waals surface area contributed by atoms with Gasteiger partial charge in [-0.2, -0.15) is 0 Å². The van der Waals surface area contributed by atoms with E-state index in [1.165, 1.54) is 49.9 Å². The van der Waals surface area contributed by atoms with Gasteiger partial charge in [-0.05, 0) is 99.8 Å². The van der Waals surface area contributed by atoms with Crippen LogP contribution in [0.1, 0.15) is 25.0 Å². The van der Waals surface area contributed by atoms with E-state index in [4.69, 9.17) is 0 Å². The van der Waals surface area contributed by atoms with Crippen molar-refractivity contribution in [2.45, 2.75) is 19.3 Å². The van der Waals surface area contributed by atoms with Gasteiger partial charge in [0.15, 0.2) is 0 Å². The number of benzene rings is 8. The van der Waals surface area contributed by atoms with Crippen LogP contribution < -0.4 is 9.80 Å². The highest BCUT2D eigenvalue weighted by atomic mass is 19.1. The second-order valence-electron chi connectivity index (χ2n) is 13.5. The molecule has 9 rings (SSSR count). The van der Waals surface area contributed by atoms with Crippen molar-refractivity contribution in [3.63, 3.8) is 0 Å². The number of halogens is 1. The molecule has 0 saturated carbocycles. The van der Waals surface area contributed by atoms with Crippen LogP contribution in [0.15, 0.2) is 176 Å². The van der Waals surface area contributed by atoms with Gasteiger partial charge in [0, 0.05) is 38.9 Å². The Labute approximate surface area is 292 Å². The zero-order valence-corrected chi connectivity index (χ0v) is 28.0. The van der Waals surface area contributed by atoms with Gasteiger partial charge in [-0.1, -0.05) is 123 Å². The molecule has 0 atom stereocenters. The molecular formula is C47H35FN2. The van der Waals surface area contributed by atoms with Crippen molar-refractivity contribution in [3.8, 4) is 11.1 Å². The summed E-state index contributed by atoms with van der Waals surface area (Å²) in [6.45, 7) is 4.67. The summed E-state index contributed by atoms with van der Waals surface area (Å²) in [6, 6.07) is 60.9. The second kappa shape index (κ2) is 11.7. The maximum Gasteiger partial charge on any atom is 0.125 e. The summed E-state index contributed by atoms with van der Waals surface area (Å²) in [5.41, 5.74) is 10.9. The van der Waals surface area contributed by atoms with Gasteiger partial charge < -0.3 is 9.80 Å². The number of para-hydroxylation sites is 2. The fourth-order valence-electron chi connectivity index (χ4n) is 7.90. The predicted octanol–water partition coefficient (Wildman–Crippen LogP) is 13.4. The van der Waals surface area contributed by atoms with Crippen molar-refractivity contribution >= 4 is 55.7 Å². The SMILES string of the molecule is CC1(C)c2cc(N(c3ccccc3)c3cccc(F)c3)ccc2-c2c1cc(N(c1ccccc1)c1cccc3ccccc13)c1ccccc21. The van der Waals surface area contributed by atoms with Crippen molar-refractivity contribution in [2.24, 2.45) is 0 Å². The summed E-state index contributed by atoms with van der Waals surface area (Å²) < 4.78 is 14.6. The van der Waals surface area contributed by atoms with Gasteiger partial charge in [-0.3, -0.25) is 0 Å². The van der Waals surface area contributed by atoms with Crippen LogP contribution in [-0.4, -0.2) is 0 Å². The molecule has 1 aliphatic carbocycles. The van der Waals surface area contributed by atoms with Crippen LogP contribution in [0.3, 0.4) is 0 Å². The Morgan fingerprint density at radius 1 is 0.420 bits per heavy atom. The lowest BCUT2D eigenvalue weighted by Crippen LogP contribution is -2.18. The van der Waals surface area contributed by atoms with Gasteiger partial charge in [0.05, 0.1) is 11.4 Å². The number of nitrogens with zero attached hydrogens (tertiary/aromatic N) is 2. The third-order valence-electron chi connectivity index (χ3n) is 10.2. The van der Waals surface area contributed by atoms with Gasteiger partial charge in [-0.15, -0.1) is 0 Å². The van der Waals surface area contributed by atoms with Crippen LogP contribution in [0, 0.1) is 5.82 Å². The summed E-state index contributed by atoms with van der Waals surface area (Å²) in [4.78, 5) is 4.57. The Balaban J connectivity index is 1.28. The van der Waals surface area contributed by atoms with Gasteiger partial charge in [-0.25, -0.2) is 4.39 Å². The largest absolute Gasteiger partial charge is 0.310 e. The zero-order valence-electron chi connectivity index (χ0n) is 28.0. The molecule has 240 valence electrons. The third kappa shape index (κ3) is 4.77. The fraction of sp³-hybridized carbons (Fsp3) is 0.0638. The fourth-order valence-corrected chi connectivity index (χ4v) is 7.90. The van der Waals surface area contributed by atoms with Crippen LogP contribution in [0.2, 0.25) is 0 Å². The first-order valence-electron chi connectivity index (χ1n) is 17.1. The van der Waals surface area contributed by atoms with E-state index in [0.29, 0.717) is 0 Å². The molecular weight excluding hydrogens is 612 g/mol. The highest BCUT2D eigenvalue weighted by Crippen LogP contribution is 2.56. The average Bonchev–Trinajstić information content (AvgIpc) is 3.38. The first kappa shape index (κ1) is 29.9. The maximum absolute atomic E-state index is 14.6. The highest BCUT2D eigenvalue weighted by Gasteiger charge is 2.38. The Morgan fingerprint density at radius 3 is 1.74 bits per heavy atom. The molecule has 0 heterocycles. The third-order valence-corrected chi connectivity index (χ3v) is 10.2. The van der Waals surface area contributed by atoms with E-state index in [1.54, 1.807) is 12.1 Å². The molecule has 50 heavy (non-hydrogen) atoms. The Hall–Kier alpha value is -6.19. The normalized spacial score (nSPS) is 12.9. The standard InChI is InChI=1S/C47H35FN2/c1-47(2)42-30-37(49(34-18-5-3-6-19-34)36-22-14-17-33(48)29-36)27-28-41(42)46-40-25-12-11-24-39(40)45(31-43(46)47)50(35-20-7-4-8-21-35)44-26-13-16-32-15-9-10-23-38(32)44/h3-31H,1-2H3. The van der Waals surface area contributed by atoms with Crippen molar-refractivity contribution in [2.75, 3.05) is 9.80 Å². The predicted molar refractivity (Wildman–Crippen MR) is 208 cm³/mol. The minimum Gasteiger partial charge on any atom is -0.310 e. The number of fused-ring (bicyclic) bond motifs is 6. The lowest BCUT2D eigenvalue weighted by atomic mass is 9.81. The van der Waals surface area contributed by atoms with E-state index in [1.807, 2.05) is 24.3 Å². The molecule has 3 heteroatoms. The Bertz CT molecular complexity index is 2530. The molecule has 0 radical (unpaired) electrons. The molecule has 0 spiro atoms. The summed E-state index contributed by atoms with van der Waals surface area (Å²) in [7, 11) is 0. The molecule has 0 saturated heterocycles. The van der Waals surface area contributed by atoms with E-state index in [0.717, 1.165) is 34.1 Å². The first-order valence-corrected chi connectivity index (χ1v) is 17.1. The summed E-state index contributed by atoms with van der Waals surface area (Å²) in [5.74, 6) is -0.259. The summed E-state index contributed by atoms with van der Waals surface area (Å²) in [6.07, 6.45) is 0. The Kier molecular flexibility index (Phi) is 7.03. The molecule has 8 aromatic carbocycles. The van der Waals surface area contributed by atoms with Crippen molar-refractivity contribution in [3.05, 3.63) is 193 Å². The molecule has 2 nitrogen and oxygen atoms in total. The lowest BCUT2D eigenvalue weighted by Gasteiger charge is -2.31. The Morgan fingerprint density at radius 2 is 1.00 bits per heavy atom. The quantitative estimate of drug-likeness (QED) is 0.177. The van der Waals surface area contributed by atoms with E-state index in [2.05, 4.69) is 157 Å². The number of anilines is 6. The van der Waals surface area contributed by atoms with Crippen molar-refractivity contribution in [1.29, 1.82) is 0 Å². The van der Waals surface area contributed by atoms with Crippen LogP contribution in [0.4, 0.5) is 38.5 Å². The summed E-state index contributed by atoms with van der Waals surface area (Å²) >= 11 is 0. The monoisotopic (exact) mass is 646 g/mol. The zero-order chi connectivity index (χ0) is 33.8. The highest BCUT2D eigenvalue weighted by molar-refractivity contribution is 6.11. The molecule has 0 fully saturated rings. The first-order chi connectivity index (χ1) is 24.5. The van der Waals surface area contributed by atoms with E-state index in [9.17, 15) is 4.39 Å². The van der Waals surface area contributed by atoms with E-state index < -0.39 is 0 Å². The van der Waals surface area contributed by atoms with Gasteiger partial charge >= 0.3 is 0 Å². The van der Waals surface area contributed by atoms with Crippen LogP contribution in [0.25, 0.3) is 32.7 Å². The molecule has 8 aromatic rings. The molecule has 0 bridgehead atoms. The maximum atomic E-state index is 14.6. The molecule has 0 aliphatic heterocycles. The molecule has 0 amide bonds. The average molecular weight is 647 g/mol. The number of rotatable bonds is 6. The van der Waals surface area contributed by atoms with Gasteiger partial charge in [0.1, 0.15) is 5.82 Å². The van der Waals surface area contributed by atoms with Crippen molar-refractivity contribution < 1.29 is 4.39 Å². The molecule has 0 N–H and O–H groups in total. The van der Waals surface area contributed by atoms with E-state index >= 15 is 0 Å². The molecule has 0 aromatic heterocycles. The second-order valence-corrected chi connectivity index (χ2v) is 13.5. The number of hydrogen-bond acceptors (Lipinski definition) is 2. The summed E-state index contributed by atoms with van der Waals surface area (Å²) in [5, 5.41) is 4.83. The van der Waals surface area contributed by atoms with E-state index in [-0.39, 0.29) is 11.2 Å². The van der Waals surface area contributed by atoms with Crippen LogP contribution in [0.5, 0.6) is 0 Å². The van der Waals surface area contributed by atoms with Gasteiger partial charge in [0.25, 0.3) is 0 Å². The van der Waals surface area contributed by atoms with Gasteiger partial charge in [0.2, 0.25) is 0 Å². The number of hydrogen-bond donors (Lipinski definition) is 0. The minimum absolute atomic E-state index is 0.259. The van der Waals surface area contributed by atoms with Crippen LogP contribution >= 0.6 is 0 Å². The molecule has 1 aliphatic rings. The topological polar surface area (TPSA) is 6.48 Å². The van der Waals surface area contributed by atoms with Crippen molar-refractivity contribution in [1.82, 2.24) is 0 Å². The smallest absolute Gasteiger partial charge is 0.125 e. The van der Waals surface area contributed by atoms with Crippen LogP contribution in [-0.2, 0) is 5.41 Å². The minimum atomic E-state index is -0.315. The lowest BCUT2D eigenvalue weighted by molar-refractivity contribution is 0.628.